The summed E-state index contributed by atoms with van der Waals surface area (Å²) < 4.78 is 67.5. The molecular formula is C20H24F5N3O3. The van der Waals surface area contributed by atoms with E-state index in [0.717, 1.165) is 5.06 Å². The molecule has 172 valence electrons. The van der Waals surface area contributed by atoms with Crippen LogP contribution in [-0.2, 0) is 9.63 Å². The summed E-state index contributed by atoms with van der Waals surface area (Å²) in [6, 6.07) is 6.87. The second kappa shape index (κ2) is 9.07. The van der Waals surface area contributed by atoms with Crippen molar-refractivity contribution >= 4 is 11.9 Å². The summed E-state index contributed by atoms with van der Waals surface area (Å²) in [7, 11) is 1.66. The van der Waals surface area contributed by atoms with Gasteiger partial charge in [0.2, 0.25) is 5.92 Å². The van der Waals surface area contributed by atoms with Gasteiger partial charge in [0.05, 0.1) is 12.1 Å². The third-order valence-corrected chi connectivity index (χ3v) is 5.60. The average Bonchev–Trinajstić information content (AvgIpc) is 2.71. The van der Waals surface area contributed by atoms with Gasteiger partial charge >= 0.3 is 18.1 Å². The van der Waals surface area contributed by atoms with Crippen molar-refractivity contribution in [1.82, 2.24) is 14.9 Å². The Hall–Kier alpha value is -2.27. The molecule has 1 saturated carbocycles. The predicted molar refractivity (Wildman–Crippen MR) is 100.0 cm³/mol. The van der Waals surface area contributed by atoms with Gasteiger partial charge in [-0.25, -0.2) is 13.6 Å². The van der Waals surface area contributed by atoms with Crippen LogP contribution in [0.5, 0.6) is 0 Å². The minimum atomic E-state index is -5.19. The summed E-state index contributed by atoms with van der Waals surface area (Å²) in [6.45, 7) is 0.413. The molecule has 1 aromatic rings. The first-order valence-electron chi connectivity index (χ1n) is 9.98. The highest BCUT2D eigenvalue weighted by atomic mass is 19.4. The lowest BCUT2D eigenvalue weighted by Gasteiger charge is -2.47. The zero-order valence-electron chi connectivity index (χ0n) is 16.9. The maximum absolute atomic E-state index is 13.6. The Balaban J connectivity index is 1.87. The second-order valence-electron chi connectivity index (χ2n) is 7.93. The van der Waals surface area contributed by atoms with Crippen LogP contribution in [0, 0.1) is 0 Å². The molecule has 1 aromatic carbocycles. The number of amides is 1. The van der Waals surface area contributed by atoms with Crippen molar-refractivity contribution < 1.29 is 36.4 Å². The highest BCUT2D eigenvalue weighted by molar-refractivity contribution is 5.89. The highest BCUT2D eigenvalue weighted by Crippen LogP contribution is 2.37. The van der Waals surface area contributed by atoms with Crippen molar-refractivity contribution in [3.05, 3.63) is 35.9 Å². The minimum absolute atomic E-state index is 0.0310. The first-order chi connectivity index (χ1) is 14.5. The number of carbonyl (C=O) groups excluding carboxylic acids is 2. The van der Waals surface area contributed by atoms with Gasteiger partial charge in [0.1, 0.15) is 6.17 Å². The van der Waals surface area contributed by atoms with Crippen LogP contribution < -0.4 is 0 Å². The first-order valence-corrected chi connectivity index (χ1v) is 9.98. The third-order valence-electron chi connectivity index (χ3n) is 5.60. The summed E-state index contributed by atoms with van der Waals surface area (Å²) in [5, 5.41) is 1.06. The molecule has 1 atom stereocenters. The van der Waals surface area contributed by atoms with E-state index in [1.54, 1.807) is 30.1 Å². The molecule has 1 saturated heterocycles. The number of nitrogens with zero attached hydrogens (tertiary/aromatic N) is 3. The van der Waals surface area contributed by atoms with E-state index in [1.807, 2.05) is 0 Å². The molecule has 0 aromatic heterocycles. The Labute approximate surface area is 176 Å². The molecule has 31 heavy (non-hydrogen) atoms. The standard InChI is InChI=1S/C20H24F5N3O3/c1-26-11-12-27(31-17(29)14-5-3-2-4-6-14)16(13-26)28(18(30)20(23,24)25)15-7-9-19(21,22)10-8-15/h2-6,15-16H,7-13H2,1H3. The predicted octanol–water partition coefficient (Wildman–Crippen LogP) is 3.30. The van der Waals surface area contributed by atoms with Gasteiger partial charge in [0.15, 0.2) is 0 Å². The molecule has 1 aliphatic heterocycles. The SMILES string of the molecule is CN1CCN(OC(=O)c2ccccc2)C(N(C(=O)C(F)(F)F)C2CCC(F)(F)CC2)C1. The normalized spacial score (nSPS) is 23.4. The Kier molecular flexibility index (Phi) is 6.85. The number of alkyl halides is 5. The van der Waals surface area contributed by atoms with Gasteiger partial charge < -0.3 is 14.6 Å². The Morgan fingerprint density at radius 1 is 1.10 bits per heavy atom. The quantitative estimate of drug-likeness (QED) is 0.661. The largest absolute Gasteiger partial charge is 0.471 e. The maximum atomic E-state index is 13.6. The highest BCUT2D eigenvalue weighted by Gasteiger charge is 2.51. The molecule has 0 N–H and O–H groups in total. The van der Waals surface area contributed by atoms with Crippen LogP contribution in [0.25, 0.3) is 0 Å². The number of rotatable bonds is 4. The van der Waals surface area contributed by atoms with Gasteiger partial charge in [-0.15, -0.1) is 5.06 Å². The fourth-order valence-electron chi connectivity index (χ4n) is 3.94. The molecule has 11 heteroatoms. The van der Waals surface area contributed by atoms with E-state index < -0.39 is 49.0 Å². The number of hydrogen-bond donors (Lipinski definition) is 0. The van der Waals surface area contributed by atoms with Crippen LogP contribution >= 0.6 is 0 Å². The maximum Gasteiger partial charge on any atom is 0.471 e. The molecule has 1 heterocycles. The zero-order chi connectivity index (χ0) is 22.8. The third kappa shape index (κ3) is 5.70. The van der Waals surface area contributed by atoms with Crippen LogP contribution in [0.2, 0.25) is 0 Å². The molecule has 1 aliphatic carbocycles. The van der Waals surface area contributed by atoms with Crippen LogP contribution in [0.4, 0.5) is 22.0 Å². The molecule has 6 nitrogen and oxygen atoms in total. The first kappa shape index (κ1) is 23.4. The van der Waals surface area contributed by atoms with E-state index in [4.69, 9.17) is 4.84 Å². The number of likely N-dealkylation sites (N-methyl/N-ethyl adjacent to an activating group) is 1. The molecule has 3 rings (SSSR count). The van der Waals surface area contributed by atoms with E-state index >= 15 is 0 Å². The summed E-state index contributed by atoms with van der Waals surface area (Å²) in [5.41, 5.74) is 0.200. The second-order valence-corrected chi connectivity index (χ2v) is 7.93. The Morgan fingerprint density at radius 2 is 1.71 bits per heavy atom. The molecule has 0 radical (unpaired) electrons. The van der Waals surface area contributed by atoms with E-state index in [1.165, 1.54) is 12.1 Å². The van der Waals surface area contributed by atoms with Crippen molar-refractivity contribution in [3.63, 3.8) is 0 Å². The lowest BCUT2D eigenvalue weighted by molar-refractivity contribution is -0.230. The molecular weight excluding hydrogens is 425 g/mol. The van der Waals surface area contributed by atoms with E-state index in [9.17, 15) is 31.5 Å². The summed E-state index contributed by atoms with van der Waals surface area (Å²) >= 11 is 0. The fraction of sp³-hybridized carbons (Fsp3) is 0.600. The van der Waals surface area contributed by atoms with Crippen molar-refractivity contribution in [3.8, 4) is 0 Å². The van der Waals surface area contributed by atoms with E-state index in [0.29, 0.717) is 11.4 Å². The molecule has 2 fully saturated rings. The minimum Gasteiger partial charge on any atom is -0.362 e. The Morgan fingerprint density at radius 3 is 2.29 bits per heavy atom. The van der Waals surface area contributed by atoms with Gasteiger partial charge in [0.25, 0.3) is 0 Å². The van der Waals surface area contributed by atoms with Crippen molar-refractivity contribution in [1.29, 1.82) is 0 Å². The number of benzene rings is 1. The monoisotopic (exact) mass is 449 g/mol. The van der Waals surface area contributed by atoms with Crippen LogP contribution in [0.15, 0.2) is 30.3 Å². The Bertz CT molecular complexity index is 780. The number of carbonyl (C=O) groups is 2. The smallest absolute Gasteiger partial charge is 0.362 e. The van der Waals surface area contributed by atoms with Crippen LogP contribution in [0.1, 0.15) is 36.0 Å². The fourth-order valence-corrected chi connectivity index (χ4v) is 3.94. The van der Waals surface area contributed by atoms with Gasteiger partial charge in [-0.1, -0.05) is 18.2 Å². The van der Waals surface area contributed by atoms with Gasteiger partial charge in [-0.3, -0.25) is 4.79 Å². The number of halogens is 5. The van der Waals surface area contributed by atoms with E-state index in [-0.39, 0.29) is 31.5 Å². The summed E-state index contributed by atoms with van der Waals surface area (Å²) in [5.74, 6) is -5.86. The number of hydrogen-bond acceptors (Lipinski definition) is 5. The molecule has 0 bridgehead atoms. The average molecular weight is 449 g/mol. The van der Waals surface area contributed by atoms with E-state index in [2.05, 4.69) is 0 Å². The lowest BCUT2D eigenvalue weighted by atomic mass is 9.90. The molecule has 2 aliphatic rings. The number of piperazine rings is 1. The lowest BCUT2D eigenvalue weighted by Crippen LogP contribution is -2.65. The molecule has 1 unspecified atom stereocenters. The topological polar surface area (TPSA) is 53.1 Å². The van der Waals surface area contributed by atoms with Gasteiger partial charge in [0, 0.05) is 32.0 Å². The molecule has 1 amide bonds. The van der Waals surface area contributed by atoms with Crippen molar-refractivity contribution in [2.75, 3.05) is 26.7 Å². The van der Waals surface area contributed by atoms with Gasteiger partial charge in [-0.2, -0.15) is 13.2 Å². The summed E-state index contributed by atoms with van der Waals surface area (Å²) in [6.07, 6.45) is -8.19. The number of hydroxylamine groups is 2. The van der Waals surface area contributed by atoms with Crippen LogP contribution in [0.3, 0.4) is 0 Å². The van der Waals surface area contributed by atoms with Crippen LogP contribution in [-0.4, -0.2) is 77.7 Å². The zero-order valence-corrected chi connectivity index (χ0v) is 16.9. The van der Waals surface area contributed by atoms with Crippen molar-refractivity contribution in [2.24, 2.45) is 0 Å². The molecule has 0 spiro atoms. The van der Waals surface area contributed by atoms with Gasteiger partial charge in [-0.05, 0) is 32.0 Å². The summed E-state index contributed by atoms with van der Waals surface area (Å²) in [4.78, 5) is 32.5. The van der Waals surface area contributed by atoms with Crippen molar-refractivity contribution in [2.45, 2.75) is 50.0 Å².